The highest BCUT2D eigenvalue weighted by Gasteiger charge is 2.40. The fourth-order valence-corrected chi connectivity index (χ4v) is 5.61. The number of piperidine rings is 2. The van der Waals surface area contributed by atoms with Gasteiger partial charge >= 0.3 is 17.9 Å². The monoisotopic (exact) mass is 634 g/mol. The van der Waals surface area contributed by atoms with Crippen LogP contribution < -0.4 is 24.7 Å². The quantitative estimate of drug-likeness (QED) is 0.226. The summed E-state index contributed by atoms with van der Waals surface area (Å²) in [6.07, 6.45) is 3.36. The maximum Gasteiger partial charge on any atom is 0.336 e. The first-order valence-corrected chi connectivity index (χ1v) is 14.7. The molecule has 4 rings (SSSR count). The molecule has 2 fully saturated rings. The molecule has 2 aliphatic heterocycles. The molecule has 248 valence electrons. The van der Waals surface area contributed by atoms with Crippen LogP contribution in [-0.4, -0.2) is 106 Å². The lowest BCUT2D eigenvalue weighted by Crippen LogP contribution is -2.42. The number of ether oxygens (including phenoxy) is 3. The summed E-state index contributed by atoms with van der Waals surface area (Å²) in [6.45, 7) is 4.51. The Labute approximate surface area is 260 Å². The van der Waals surface area contributed by atoms with Crippen molar-refractivity contribution in [2.75, 3.05) is 52.4 Å². The molecular weight excluding hydrogens is 592 g/mol. The lowest BCUT2D eigenvalue weighted by Gasteiger charge is -2.33. The van der Waals surface area contributed by atoms with Crippen LogP contribution in [-0.2, 0) is 20.9 Å². The van der Waals surface area contributed by atoms with Crippen LogP contribution in [0.2, 0.25) is 0 Å². The summed E-state index contributed by atoms with van der Waals surface area (Å²) >= 11 is 0. The molecule has 3 heterocycles. The number of carboxylic acid groups (broad SMARTS) is 3. The molecule has 0 amide bonds. The SMILES string of the molecule is COc1ccc(CN2CCCC(c3cc(=O)[nH]c(N4CCCCC4)n3)C2)c(OC)c1OC.O=C(O)CC(O)(CC(=O)O)C(=O)O. The lowest BCUT2D eigenvalue weighted by molar-refractivity contribution is -0.170. The van der Waals surface area contributed by atoms with Crippen molar-refractivity contribution in [2.24, 2.45) is 0 Å². The van der Waals surface area contributed by atoms with Crippen molar-refractivity contribution in [1.29, 1.82) is 0 Å². The van der Waals surface area contributed by atoms with Crippen LogP contribution in [0.25, 0.3) is 0 Å². The van der Waals surface area contributed by atoms with Gasteiger partial charge in [0.05, 0.1) is 39.9 Å². The van der Waals surface area contributed by atoms with Crippen LogP contribution in [0, 0.1) is 0 Å². The van der Waals surface area contributed by atoms with Crippen LogP contribution in [0.4, 0.5) is 5.95 Å². The highest BCUT2D eigenvalue weighted by atomic mass is 16.5. The lowest BCUT2D eigenvalue weighted by atomic mass is 9.94. The van der Waals surface area contributed by atoms with E-state index in [-0.39, 0.29) is 11.5 Å². The van der Waals surface area contributed by atoms with Gasteiger partial charge in [0, 0.05) is 43.7 Å². The minimum Gasteiger partial charge on any atom is -0.493 e. The van der Waals surface area contributed by atoms with Gasteiger partial charge in [0.25, 0.3) is 5.56 Å². The first kappa shape index (κ1) is 35.1. The number of rotatable bonds is 12. The maximum atomic E-state index is 12.4. The Bertz CT molecular complexity index is 1370. The molecule has 2 aromatic rings. The van der Waals surface area contributed by atoms with Crippen LogP contribution in [0.15, 0.2) is 23.0 Å². The van der Waals surface area contributed by atoms with Crippen LogP contribution >= 0.6 is 0 Å². The number of aliphatic hydroxyl groups is 1. The van der Waals surface area contributed by atoms with E-state index in [0.717, 1.165) is 75.6 Å². The molecule has 1 aromatic heterocycles. The molecule has 2 saturated heterocycles. The van der Waals surface area contributed by atoms with Gasteiger partial charge in [-0.1, -0.05) is 6.07 Å². The van der Waals surface area contributed by atoms with Crippen LogP contribution in [0.1, 0.15) is 62.1 Å². The van der Waals surface area contributed by atoms with Gasteiger partial charge in [-0.05, 0) is 44.7 Å². The van der Waals surface area contributed by atoms with E-state index in [9.17, 15) is 19.2 Å². The first-order chi connectivity index (χ1) is 21.4. The summed E-state index contributed by atoms with van der Waals surface area (Å²) in [5.74, 6) is -2.08. The third-order valence-electron chi connectivity index (χ3n) is 7.79. The van der Waals surface area contributed by atoms with E-state index >= 15 is 0 Å². The van der Waals surface area contributed by atoms with Crippen LogP contribution in [0.5, 0.6) is 17.2 Å². The molecule has 0 radical (unpaired) electrons. The van der Waals surface area contributed by atoms with E-state index in [1.54, 1.807) is 27.4 Å². The largest absolute Gasteiger partial charge is 0.493 e. The van der Waals surface area contributed by atoms with E-state index < -0.39 is 36.4 Å². The molecule has 2 aliphatic rings. The number of carbonyl (C=O) groups is 3. The summed E-state index contributed by atoms with van der Waals surface area (Å²) < 4.78 is 16.6. The summed E-state index contributed by atoms with van der Waals surface area (Å²) in [5.41, 5.74) is -0.844. The normalized spacial score (nSPS) is 17.1. The average Bonchev–Trinajstić information content (AvgIpc) is 3.00. The molecule has 45 heavy (non-hydrogen) atoms. The molecule has 0 spiro atoms. The van der Waals surface area contributed by atoms with Crippen molar-refractivity contribution >= 4 is 23.9 Å². The highest BCUT2D eigenvalue weighted by Crippen LogP contribution is 2.40. The van der Waals surface area contributed by atoms with Gasteiger partial charge < -0.3 is 39.5 Å². The van der Waals surface area contributed by atoms with E-state index in [1.165, 1.54) is 6.42 Å². The van der Waals surface area contributed by atoms with E-state index in [1.807, 2.05) is 12.1 Å². The predicted octanol–water partition coefficient (Wildman–Crippen LogP) is 1.92. The Balaban J connectivity index is 0.000000360. The zero-order valence-electron chi connectivity index (χ0n) is 25.8. The summed E-state index contributed by atoms with van der Waals surface area (Å²) in [7, 11) is 4.90. The zero-order chi connectivity index (χ0) is 33.1. The minimum absolute atomic E-state index is 0.0609. The van der Waals surface area contributed by atoms with Gasteiger partial charge in [0.1, 0.15) is 0 Å². The second-order valence-electron chi connectivity index (χ2n) is 11.1. The number of aliphatic carboxylic acids is 3. The van der Waals surface area contributed by atoms with Crippen molar-refractivity contribution in [3.8, 4) is 17.2 Å². The Kier molecular flexibility index (Phi) is 12.6. The number of carboxylic acids is 3. The zero-order valence-corrected chi connectivity index (χ0v) is 25.8. The van der Waals surface area contributed by atoms with Crippen molar-refractivity contribution in [3.05, 3.63) is 39.8 Å². The Morgan fingerprint density at radius 2 is 1.58 bits per heavy atom. The second kappa shape index (κ2) is 16.1. The van der Waals surface area contributed by atoms with Gasteiger partial charge in [-0.25, -0.2) is 9.78 Å². The number of hydrogen-bond donors (Lipinski definition) is 5. The Morgan fingerprint density at radius 1 is 0.933 bits per heavy atom. The number of aromatic nitrogens is 2. The number of nitrogens with zero attached hydrogens (tertiary/aromatic N) is 3. The van der Waals surface area contributed by atoms with Crippen molar-refractivity contribution < 1.29 is 49.0 Å². The van der Waals surface area contributed by atoms with Gasteiger partial charge in [-0.15, -0.1) is 0 Å². The second-order valence-corrected chi connectivity index (χ2v) is 11.1. The summed E-state index contributed by atoms with van der Waals surface area (Å²) in [5, 5.41) is 33.8. The van der Waals surface area contributed by atoms with Gasteiger partial charge in [-0.2, -0.15) is 0 Å². The molecule has 0 bridgehead atoms. The topological polar surface area (TPSA) is 212 Å². The molecule has 1 aromatic carbocycles. The van der Waals surface area contributed by atoms with Crippen molar-refractivity contribution in [2.45, 2.75) is 63.0 Å². The van der Waals surface area contributed by atoms with E-state index in [4.69, 9.17) is 39.6 Å². The number of methoxy groups -OCH3 is 3. The van der Waals surface area contributed by atoms with Crippen LogP contribution in [0.3, 0.4) is 0 Å². The molecule has 1 atom stereocenters. The summed E-state index contributed by atoms with van der Waals surface area (Å²) in [6, 6.07) is 5.63. The highest BCUT2D eigenvalue weighted by molar-refractivity contribution is 5.88. The molecule has 5 N–H and O–H groups in total. The molecule has 15 heteroatoms. The molecule has 1 unspecified atom stereocenters. The third-order valence-corrected chi connectivity index (χ3v) is 7.79. The number of H-pyrrole nitrogens is 1. The summed E-state index contributed by atoms with van der Waals surface area (Å²) in [4.78, 5) is 55.3. The molecule has 0 aliphatic carbocycles. The number of benzene rings is 1. The third kappa shape index (κ3) is 9.56. The maximum absolute atomic E-state index is 12.4. The standard InChI is InChI=1S/C24H34N4O4.C6H8O7/c1-30-20-10-9-18(22(31-2)23(20)32-3)16-27-11-7-8-17(15-27)19-14-21(29)26-24(25-19)28-12-5-4-6-13-28;7-3(8)1-6(13,5(11)12)2-4(9)10/h9-10,14,17H,4-8,11-13,15-16H2,1-3H3,(H,25,26,29);13H,1-2H2,(H,7,8)(H,9,10)(H,11,12). The Morgan fingerprint density at radius 3 is 2.13 bits per heavy atom. The average molecular weight is 635 g/mol. The first-order valence-electron chi connectivity index (χ1n) is 14.7. The fraction of sp³-hybridized carbons (Fsp3) is 0.567. The van der Waals surface area contributed by atoms with Crippen molar-refractivity contribution in [1.82, 2.24) is 14.9 Å². The number of nitrogens with one attached hydrogen (secondary N) is 1. The minimum atomic E-state index is -2.74. The fourth-order valence-electron chi connectivity index (χ4n) is 5.61. The number of likely N-dealkylation sites (tertiary alicyclic amines) is 1. The molecular formula is C30H42N4O11. The molecule has 0 saturated carbocycles. The van der Waals surface area contributed by atoms with Crippen molar-refractivity contribution in [3.63, 3.8) is 0 Å². The van der Waals surface area contributed by atoms with Gasteiger partial charge in [-0.3, -0.25) is 24.3 Å². The van der Waals surface area contributed by atoms with E-state index in [0.29, 0.717) is 17.2 Å². The number of anilines is 1. The molecule has 15 nitrogen and oxygen atoms in total. The number of hydrogen-bond acceptors (Lipinski definition) is 11. The van der Waals surface area contributed by atoms with Gasteiger partial charge in [0.2, 0.25) is 11.7 Å². The van der Waals surface area contributed by atoms with E-state index in [2.05, 4.69) is 14.8 Å². The predicted molar refractivity (Wildman–Crippen MR) is 161 cm³/mol. The van der Waals surface area contributed by atoms with Gasteiger partial charge in [0.15, 0.2) is 17.1 Å². The Hall–Kier alpha value is -4.37. The number of aromatic amines is 1. The smallest absolute Gasteiger partial charge is 0.336 e.